The van der Waals surface area contributed by atoms with Gasteiger partial charge in [-0.3, -0.25) is 23.5 Å². The fourth-order valence-corrected chi connectivity index (χ4v) is 10.9. The molecule has 0 saturated carbocycles. The van der Waals surface area contributed by atoms with Crippen LogP contribution in [0, 0.1) is 0 Å². The Morgan fingerprint density at radius 1 is 0.803 bits per heavy atom. The highest BCUT2D eigenvalue weighted by Crippen LogP contribution is 2.49. The van der Waals surface area contributed by atoms with Crippen LogP contribution in [-0.2, 0) is 55.1 Å². The molecule has 1 aromatic heterocycles. The number of hydrogen-bond acceptors (Lipinski definition) is 15. The van der Waals surface area contributed by atoms with Gasteiger partial charge in [0.1, 0.15) is 6.54 Å². The number of para-hydroxylation sites is 1. The number of nitrogens with one attached hydrogen (secondary N) is 3. The summed E-state index contributed by atoms with van der Waals surface area (Å²) in [5, 5.41) is 9.79. The van der Waals surface area contributed by atoms with Crippen LogP contribution in [0.1, 0.15) is 135 Å². The SMILES string of the molecule is CCCC[N+]1=C(/C=C/C=C/C=C2/N(CCCS(=O)(=O)O)c3ccc(S(=O)(=O)O)cc3C2(C)C)C(C)(CCCCCC(=O)NCCCNc2nc(Cl)nc(NCCCCCC(=O)ON3C(=O)CCC3=O)n2)c2ccccc21. The first-order valence-electron chi connectivity index (χ1n) is 26.0. The predicted octanol–water partition coefficient (Wildman–Crippen LogP) is 8.15. The lowest BCUT2D eigenvalue weighted by Gasteiger charge is -2.27. The molecule has 3 amide bonds. The van der Waals surface area contributed by atoms with E-state index in [4.69, 9.17) is 16.4 Å². The summed E-state index contributed by atoms with van der Waals surface area (Å²) in [6.07, 6.45) is 18.6. The molecule has 1 saturated heterocycles. The van der Waals surface area contributed by atoms with Gasteiger partial charge in [0, 0.05) is 92.8 Å². The van der Waals surface area contributed by atoms with Gasteiger partial charge in [0.05, 0.1) is 16.1 Å². The fourth-order valence-electron chi connectivity index (χ4n) is 9.78. The molecule has 3 aliphatic heterocycles. The van der Waals surface area contributed by atoms with Gasteiger partial charge < -0.3 is 25.7 Å². The third-order valence-corrected chi connectivity index (χ3v) is 15.6. The molecule has 4 heterocycles. The van der Waals surface area contributed by atoms with Gasteiger partial charge >= 0.3 is 5.97 Å². The summed E-state index contributed by atoms with van der Waals surface area (Å²) in [5.41, 5.74) is 4.75. The van der Waals surface area contributed by atoms with Crippen LogP contribution in [0.15, 0.2) is 83.4 Å². The Morgan fingerprint density at radius 2 is 1.49 bits per heavy atom. The molecule has 2 aromatic carbocycles. The highest BCUT2D eigenvalue weighted by molar-refractivity contribution is 7.86. The maximum absolute atomic E-state index is 12.9. The largest absolute Gasteiger partial charge is 0.356 e. The van der Waals surface area contributed by atoms with E-state index in [1.54, 1.807) is 6.07 Å². The third kappa shape index (κ3) is 16.0. The van der Waals surface area contributed by atoms with Crippen LogP contribution in [0.25, 0.3) is 0 Å². The number of halogens is 1. The highest BCUT2D eigenvalue weighted by Gasteiger charge is 2.47. The van der Waals surface area contributed by atoms with Crippen molar-refractivity contribution in [3.63, 3.8) is 0 Å². The Labute approximate surface area is 451 Å². The Balaban J connectivity index is 0.969. The first-order chi connectivity index (χ1) is 36.1. The van der Waals surface area contributed by atoms with E-state index in [0.29, 0.717) is 79.9 Å². The molecule has 23 heteroatoms. The van der Waals surface area contributed by atoms with E-state index < -0.39 is 49.2 Å². The van der Waals surface area contributed by atoms with Crippen molar-refractivity contribution in [2.24, 2.45) is 0 Å². The lowest BCUT2D eigenvalue weighted by molar-refractivity contribution is -0.438. The number of hydrogen-bond donors (Lipinski definition) is 5. The number of anilines is 3. The van der Waals surface area contributed by atoms with Crippen molar-refractivity contribution in [2.45, 2.75) is 140 Å². The summed E-state index contributed by atoms with van der Waals surface area (Å²) in [6.45, 7) is 10.9. The molecule has 0 bridgehead atoms. The van der Waals surface area contributed by atoms with Gasteiger partial charge in [-0.25, -0.2) is 4.79 Å². The number of nitrogens with zero attached hydrogens (tertiary/aromatic N) is 6. The number of unbranched alkanes of at least 4 members (excludes halogenated alkanes) is 5. The Morgan fingerprint density at radius 3 is 2.18 bits per heavy atom. The summed E-state index contributed by atoms with van der Waals surface area (Å²) in [6, 6.07) is 12.9. The maximum atomic E-state index is 12.9. The van der Waals surface area contributed by atoms with E-state index >= 15 is 0 Å². The zero-order valence-electron chi connectivity index (χ0n) is 43.7. The number of benzene rings is 2. The normalized spacial score (nSPS) is 17.9. The summed E-state index contributed by atoms with van der Waals surface area (Å²) < 4.78 is 69.1. The average molecular weight is 1110 g/mol. The third-order valence-electron chi connectivity index (χ3n) is 13.7. The number of allylic oxidation sites excluding steroid dienone is 6. The second kappa shape index (κ2) is 26.8. The number of carbonyl (C=O) groups is 4. The maximum Gasteiger partial charge on any atom is 0.333 e. The second-order valence-corrected chi connectivity index (χ2v) is 23.2. The van der Waals surface area contributed by atoms with Crippen LogP contribution in [0.2, 0.25) is 5.28 Å². The predicted molar refractivity (Wildman–Crippen MR) is 291 cm³/mol. The van der Waals surface area contributed by atoms with Crippen molar-refractivity contribution in [2.75, 3.05) is 54.0 Å². The Bertz CT molecular complexity index is 2950. The van der Waals surface area contributed by atoms with E-state index in [1.165, 1.54) is 29.1 Å². The quantitative estimate of drug-likeness (QED) is 0.0138. The molecular weight excluding hydrogens is 1040 g/mol. The van der Waals surface area contributed by atoms with Crippen molar-refractivity contribution < 1.29 is 54.5 Å². The number of imide groups is 1. The van der Waals surface area contributed by atoms with Gasteiger partial charge in [-0.15, -0.1) is 5.06 Å². The molecule has 1 unspecified atom stereocenters. The molecule has 0 spiro atoms. The van der Waals surface area contributed by atoms with Crippen molar-refractivity contribution in [3.05, 3.63) is 95.0 Å². The number of amides is 3. The van der Waals surface area contributed by atoms with Crippen LogP contribution in [0.3, 0.4) is 0 Å². The molecule has 3 aromatic rings. The number of fused-ring (bicyclic) bond motifs is 2. The molecule has 6 rings (SSSR count). The van der Waals surface area contributed by atoms with Crippen molar-refractivity contribution in [1.29, 1.82) is 0 Å². The Hall–Kier alpha value is -6.07. The van der Waals surface area contributed by atoms with Crippen LogP contribution >= 0.6 is 11.6 Å². The molecule has 76 heavy (non-hydrogen) atoms. The van der Waals surface area contributed by atoms with E-state index in [1.807, 2.05) is 43.1 Å². The number of rotatable bonds is 30. The van der Waals surface area contributed by atoms with Crippen LogP contribution < -0.4 is 20.9 Å². The lowest BCUT2D eigenvalue weighted by atomic mass is 9.75. The van der Waals surface area contributed by atoms with Gasteiger partial charge in [0.2, 0.25) is 28.8 Å². The van der Waals surface area contributed by atoms with Crippen LogP contribution in [0.4, 0.5) is 23.3 Å². The van der Waals surface area contributed by atoms with Crippen molar-refractivity contribution in [1.82, 2.24) is 25.3 Å². The second-order valence-electron chi connectivity index (χ2n) is 19.8. The molecule has 412 valence electrons. The number of carbonyl (C=O) groups excluding carboxylic acids is 4. The average Bonchev–Trinajstić information content (AvgIpc) is 3.89. The molecule has 20 nitrogen and oxygen atoms in total. The van der Waals surface area contributed by atoms with E-state index in [2.05, 4.69) is 79.7 Å². The topological polar surface area (TPSA) is 270 Å². The smallest absolute Gasteiger partial charge is 0.333 e. The zero-order valence-corrected chi connectivity index (χ0v) is 46.1. The fraction of sp³-hybridized carbons (Fsp3) is 0.509. The molecular formula is C53H71ClN9O11S2+. The summed E-state index contributed by atoms with van der Waals surface area (Å²) >= 11 is 6.15. The first-order valence-corrected chi connectivity index (χ1v) is 29.4. The number of aromatic nitrogens is 3. The lowest BCUT2D eigenvalue weighted by Crippen LogP contribution is -2.31. The van der Waals surface area contributed by atoms with Gasteiger partial charge in [-0.05, 0) is 86.9 Å². The Kier molecular flexibility index (Phi) is 20.9. The number of hydroxylamine groups is 2. The van der Waals surface area contributed by atoms with Gasteiger partial charge in [0.25, 0.3) is 32.1 Å². The minimum atomic E-state index is -4.47. The van der Waals surface area contributed by atoms with E-state index in [-0.39, 0.29) is 53.7 Å². The molecule has 5 N–H and O–H groups in total. The first kappa shape index (κ1) is 59.2. The van der Waals surface area contributed by atoms with Crippen molar-refractivity contribution in [3.8, 4) is 0 Å². The summed E-state index contributed by atoms with van der Waals surface area (Å²) in [7, 11) is -8.67. The van der Waals surface area contributed by atoms with Gasteiger partial charge in [0.15, 0.2) is 5.71 Å². The molecule has 3 aliphatic rings. The monoisotopic (exact) mass is 1110 g/mol. The minimum Gasteiger partial charge on any atom is -0.356 e. The highest BCUT2D eigenvalue weighted by atomic mass is 35.5. The van der Waals surface area contributed by atoms with Gasteiger partial charge in [-0.1, -0.05) is 82.9 Å². The molecule has 0 radical (unpaired) electrons. The van der Waals surface area contributed by atoms with Crippen LogP contribution in [-0.4, -0.2) is 118 Å². The van der Waals surface area contributed by atoms with Crippen LogP contribution in [0.5, 0.6) is 0 Å². The summed E-state index contributed by atoms with van der Waals surface area (Å²) in [4.78, 5) is 67.3. The molecule has 1 fully saturated rings. The zero-order chi connectivity index (χ0) is 55.1. The van der Waals surface area contributed by atoms with E-state index in [9.17, 15) is 45.1 Å². The standard InChI is InChI=1S/C53H70ClN9O11S2/c1-5-6-34-62-41-21-15-14-20-39(41)53(4,44(62)23-11-7-10-22-43-52(2,3)40-37-38(76(71,72)73)26-27-42(40)61(43)35-19-36-75(68,69)70)30-16-8-12-24-45(64)55-32-18-33-57-51-59-49(54)58-50(60-51)56-31-17-9-13-25-48(67)74-63-46(65)28-29-47(63)66/h7,10-11,14-15,20-23,26-27,37H,5-6,8-9,12-13,16-19,24-25,28-36H2,1-4H3,(H4-,55,56,57,58,59,60,64,68,69,70,71,72,73)/p+1. The van der Waals surface area contributed by atoms with E-state index in [0.717, 1.165) is 50.8 Å². The molecule has 1 atom stereocenters. The minimum absolute atomic E-state index is 0.0141. The summed E-state index contributed by atoms with van der Waals surface area (Å²) in [5.74, 6) is -1.51. The van der Waals surface area contributed by atoms with Crippen molar-refractivity contribution >= 4 is 84.5 Å². The van der Waals surface area contributed by atoms with Gasteiger partial charge in [-0.2, -0.15) is 36.4 Å². The molecule has 0 aliphatic carbocycles.